The van der Waals surface area contributed by atoms with Crippen LogP contribution in [-0.2, 0) is 9.53 Å². The standard InChI is InChI=1S/C7H13NO3/c9-4-1-3-8-7(10)6-2-5-11-6/h6,9H,1-5H2,(H,8,10). The Labute approximate surface area is 65.5 Å². The van der Waals surface area contributed by atoms with E-state index in [0.717, 1.165) is 6.42 Å². The van der Waals surface area contributed by atoms with E-state index in [9.17, 15) is 4.79 Å². The Morgan fingerprint density at radius 2 is 2.45 bits per heavy atom. The summed E-state index contributed by atoms with van der Waals surface area (Å²) in [5, 5.41) is 11.1. The lowest BCUT2D eigenvalue weighted by Gasteiger charge is -2.24. The van der Waals surface area contributed by atoms with Gasteiger partial charge in [0.05, 0.1) is 6.61 Å². The highest BCUT2D eigenvalue weighted by Gasteiger charge is 2.25. The van der Waals surface area contributed by atoms with Gasteiger partial charge in [0.15, 0.2) is 0 Å². The first kappa shape index (κ1) is 8.49. The molecule has 0 bridgehead atoms. The van der Waals surface area contributed by atoms with Gasteiger partial charge in [-0.15, -0.1) is 0 Å². The summed E-state index contributed by atoms with van der Waals surface area (Å²) < 4.78 is 4.95. The smallest absolute Gasteiger partial charge is 0.249 e. The van der Waals surface area contributed by atoms with Crippen molar-refractivity contribution in [3.8, 4) is 0 Å². The van der Waals surface area contributed by atoms with Gasteiger partial charge in [-0.05, 0) is 6.42 Å². The van der Waals surface area contributed by atoms with Crippen LogP contribution in [0, 0.1) is 0 Å². The van der Waals surface area contributed by atoms with E-state index in [1.807, 2.05) is 0 Å². The summed E-state index contributed by atoms with van der Waals surface area (Å²) in [5.74, 6) is -0.0512. The Balaban J connectivity index is 2.01. The topological polar surface area (TPSA) is 58.6 Å². The van der Waals surface area contributed by atoms with E-state index in [1.165, 1.54) is 0 Å². The molecule has 11 heavy (non-hydrogen) atoms. The molecule has 1 saturated heterocycles. The number of ether oxygens (including phenoxy) is 1. The van der Waals surface area contributed by atoms with Crippen LogP contribution in [0.4, 0.5) is 0 Å². The molecule has 0 aromatic rings. The van der Waals surface area contributed by atoms with Gasteiger partial charge in [-0.3, -0.25) is 4.79 Å². The monoisotopic (exact) mass is 159 g/mol. The van der Waals surface area contributed by atoms with Gasteiger partial charge in [0, 0.05) is 19.6 Å². The van der Waals surface area contributed by atoms with Crippen LogP contribution >= 0.6 is 0 Å². The van der Waals surface area contributed by atoms with Crippen molar-refractivity contribution in [2.75, 3.05) is 19.8 Å². The van der Waals surface area contributed by atoms with Crippen molar-refractivity contribution < 1.29 is 14.6 Å². The minimum atomic E-state index is -0.228. The van der Waals surface area contributed by atoms with Crippen molar-refractivity contribution in [2.24, 2.45) is 0 Å². The van der Waals surface area contributed by atoms with Crippen LogP contribution in [0.3, 0.4) is 0 Å². The zero-order chi connectivity index (χ0) is 8.10. The van der Waals surface area contributed by atoms with E-state index < -0.39 is 0 Å². The van der Waals surface area contributed by atoms with Gasteiger partial charge >= 0.3 is 0 Å². The Morgan fingerprint density at radius 3 is 2.91 bits per heavy atom. The number of carbonyl (C=O) groups excluding carboxylic acids is 1. The third kappa shape index (κ3) is 2.48. The van der Waals surface area contributed by atoms with Gasteiger partial charge in [-0.2, -0.15) is 0 Å². The molecule has 0 aromatic carbocycles. The molecular weight excluding hydrogens is 146 g/mol. The van der Waals surface area contributed by atoms with Gasteiger partial charge in [0.1, 0.15) is 6.10 Å². The molecule has 0 saturated carbocycles. The van der Waals surface area contributed by atoms with Crippen molar-refractivity contribution in [3.05, 3.63) is 0 Å². The van der Waals surface area contributed by atoms with E-state index in [2.05, 4.69) is 5.32 Å². The number of nitrogens with one attached hydrogen (secondary N) is 1. The van der Waals surface area contributed by atoms with Crippen molar-refractivity contribution in [1.29, 1.82) is 0 Å². The maximum absolute atomic E-state index is 11.0. The fourth-order valence-corrected chi connectivity index (χ4v) is 0.847. The molecule has 2 N–H and O–H groups in total. The van der Waals surface area contributed by atoms with Crippen LogP contribution in [0.25, 0.3) is 0 Å². The molecule has 0 radical (unpaired) electrons. The number of carbonyl (C=O) groups is 1. The third-order valence-corrected chi connectivity index (χ3v) is 1.63. The Morgan fingerprint density at radius 1 is 1.73 bits per heavy atom. The predicted molar refractivity (Wildman–Crippen MR) is 39.1 cm³/mol. The maximum Gasteiger partial charge on any atom is 0.249 e. The Kier molecular flexibility index (Phi) is 3.32. The van der Waals surface area contributed by atoms with E-state index in [1.54, 1.807) is 0 Å². The second kappa shape index (κ2) is 4.31. The first-order valence-corrected chi connectivity index (χ1v) is 3.85. The second-order valence-electron chi connectivity index (χ2n) is 2.52. The lowest BCUT2D eigenvalue weighted by atomic mass is 10.2. The molecule has 1 unspecified atom stereocenters. The van der Waals surface area contributed by atoms with Crippen molar-refractivity contribution in [1.82, 2.24) is 5.32 Å². The first-order chi connectivity index (χ1) is 5.34. The molecule has 1 aliphatic heterocycles. The van der Waals surface area contributed by atoms with Crippen LogP contribution in [0.5, 0.6) is 0 Å². The molecular formula is C7H13NO3. The number of amides is 1. The summed E-state index contributed by atoms with van der Waals surface area (Å²) in [6.07, 6.45) is 1.21. The molecule has 64 valence electrons. The first-order valence-electron chi connectivity index (χ1n) is 3.85. The van der Waals surface area contributed by atoms with Crippen molar-refractivity contribution in [3.63, 3.8) is 0 Å². The highest BCUT2D eigenvalue weighted by molar-refractivity contribution is 5.81. The molecule has 1 rings (SSSR count). The average Bonchev–Trinajstić information content (AvgIpc) is 1.84. The largest absolute Gasteiger partial charge is 0.396 e. The van der Waals surface area contributed by atoms with Gasteiger partial charge < -0.3 is 15.2 Å². The molecule has 1 heterocycles. The minimum Gasteiger partial charge on any atom is -0.396 e. The normalized spacial score (nSPS) is 22.5. The fourth-order valence-electron chi connectivity index (χ4n) is 0.847. The second-order valence-corrected chi connectivity index (χ2v) is 2.52. The number of rotatable bonds is 4. The molecule has 1 atom stereocenters. The molecule has 1 fully saturated rings. The predicted octanol–water partition coefficient (Wildman–Crippen LogP) is -0.726. The molecule has 4 heteroatoms. The van der Waals surface area contributed by atoms with E-state index in [-0.39, 0.29) is 18.6 Å². The summed E-state index contributed by atoms with van der Waals surface area (Å²) >= 11 is 0. The van der Waals surface area contributed by atoms with Crippen molar-refractivity contribution >= 4 is 5.91 Å². The minimum absolute atomic E-state index is 0.0512. The van der Waals surface area contributed by atoms with E-state index in [0.29, 0.717) is 19.6 Å². The quantitative estimate of drug-likeness (QED) is 0.532. The number of aliphatic hydroxyl groups excluding tert-OH is 1. The van der Waals surface area contributed by atoms with Gasteiger partial charge in [-0.25, -0.2) is 0 Å². The van der Waals surface area contributed by atoms with Crippen LogP contribution < -0.4 is 5.32 Å². The lowest BCUT2D eigenvalue weighted by Crippen LogP contribution is -2.43. The summed E-state index contributed by atoms with van der Waals surface area (Å²) in [6, 6.07) is 0. The lowest BCUT2D eigenvalue weighted by molar-refractivity contribution is -0.144. The molecule has 1 aliphatic rings. The fraction of sp³-hybridized carbons (Fsp3) is 0.857. The molecule has 0 spiro atoms. The zero-order valence-electron chi connectivity index (χ0n) is 6.38. The number of hydrogen-bond donors (Lipinski definition) is 2. The van der Waals surface area contributed by atoms with E-state index >= 15 is 0 Å². The third-order valence-electron chi connectivity index (χ3n) is 1.63. The van der Waals surface area contributed by atoms with Crippen molar-refractivity contribution in [2.45, 2.75) is 18.9 Å². The number of aliphatic hydroxyl groups is 1. The van der Waals surface area contributed by atoms with Crippen LogP contribution in [0.2, 0.25) is 0 Å². The SMILES string of the molecule is O=C(NCCCO)C1CCO1. The number of hydrogen-bond acceptors (Lipinski definition) is 3. The summed E-state index contributed by atoms with van der Waals surface area (Å²) in [5.41, 5.74) is 0. The van der Waals surface area contributed by atoms with Gasteiger partial charge in [-0.1, -0.05) is 0 Å². The van der Waals surface area contributed by atoms with Gasteiger partial charge in [0.2, 0.25) is 5.91 Å². The molecule has 4 nitrogen and oxygen atoms in total. The summed E-state index contributed by atoms with van der Waals surface area (Å²) in [7, 11) is 0. The van der Waals surface area contributed by atoms with E-state index in [4.69, 9.17) is 9.84 Å². The van der Waals surface area contributed by atoms with Gasteiger partial charge in [0.25, 0.3) is 0 Å². The van der Waals surface area contributed by atoms with Crippen LogP contribution in [0.1, 0.15) is 12.8 Å². The summed E-state index contributed by atoms with van der Waals surface area (Å²) in [4.78, 5) is 11.0. The summed E-state index contributed by atoms with van der Waals surface area (Å²) in [6.45, 7) is 1.35. The highest BCUT2D eigenvalue weighted by Crippen LogP contribution is 2.09. The Bertz CT molecular complexity index is 134. The average molecular weight is 159 g/mol. The Hall–Kier alpha value is -0.610. The molecule has 1 amide bonds. The molecule has 0 aliphatic carbocycles. The molecule has 0 aromatic heterocycles. The zero-order valence-corrected chi connectivity index (χ0v) is 6.38. The van der Waals surface area contributed by atoms with Crippen LogP contribution in [0.15, 0.2) is 0 Å². The van der Waals surface area contributed by atoms with Crippen LogP contribution in [-0.4, -0.2) is 36.9 Å². The highest BCUT2D eigenvalue weighted by atomic mass is 16.5. The maximum atomic E-state index is 11.0.